The number of anilines is 1. The molecule has 0 saturated heterocycles. The van der Waals surface area contributed by atoms with Gasteiger partial charge < -0.3 is 16.0 Å². The molecule has 2 amide bonds. The van der Waals surface area contributed by atoms with Crippen LogP contribution in [0.2, 0.25) is 5.02 Å². The van der Waals surface area contributed by atoms with Gasteiger partial charge in [-0.25, -0.2) is 0 Å². The Kier molecular flexibility index (Phi) is 5.38. The van der Waals surface area contributed by atoms with Gasteiger partial charge in [-0.3, -0.25) is 9.59 Å². The van der Waals surface area contributed by atoms with Gasteiger partial charge in [-0.2, -0.15) is 0 Å². The Morgan fingerprint density at radius 1 is 1.25 bits per heavy atom. The van der Waals surface area contributed by atoms with Gasteiger partial charge in [0.1, 0.15) is 0 Å². The van der Waals surface area contributed by atoms with Crippen molar-refractivity contribution in [3.8, 4) is 0 Å². The molecule has 5 nitrogen and oxygen atoms in total. The minimum atomic E-state index is -0.138. The number of carbonyl (C=O) groups excluding carboxylic acids is 2. The minimum Gasteiger partial charge on any atom is -0.355 e. The minimum absolute atomic E-state index is 0.121. The smallest absolute Gasteiger partial charge is 0.238 e. The summed E-state index contributed by atoms with van der Waals surface area (Å²) >= 11 is 5.83. The number of rotatable bonds is 7. The Labute approximate surface area is 123 Å². The number of carbonyl (C=O) groups is 2. The lowest BCUT2D eigenvalue weighted by Gasteiger charge is -2.07. The molecule has 1 aromatic rings. The fourth-order valence-corrected chi connectivity index (χ4v) is 1.93. The summed E-state index contributed by atoms with van der Waals surface area (Å²) in [5.74, 6) is 0.206. The average molecular weight is 296 g/mol. The molecular weight excluding hydrogens is 278 g/mol. The molecule has 0 aromatic heterocycles. The average Bonchev–Trinajstić information content (AvgIpc) is 3.22. The van der Waals surface area contributed by atoms with E-state index in [1.54, 1.807) is 24.3 Å². The topological polar surface area (TPSA) is 70.2 Å². The molecule has 0 unspecified atom stereocenters. The summed E-state index contributed by atoms with van der Waals surface area (Å²) in [6.45, 7) is 1.31. The van der Waals surface area contributed by atoms with Gasteiger partial charge in [-0.15, -0.1) is 0 Å². The van der Waals surface area contributed by atoms with Crippen molar-refractivity contribution in [1.29, 1.82) is 0 Å². The van der Waals surface area contributed by atoms with Crippen molar-refractivity contribution in [3.63, 3.8) is 0 Å². The van der Waals surface area contributed by atoms with Gasteiger partial charge in [0.05, 0.1) is 6.54 Å². The van der Waals surface area contributed by atoms with Crippen molar-refractivity contribution in [2.75, 3.05) is 25.0 Å². The molecule has 2 rings (SSSR count). The maximum absolute atomic E-state index is 11.6. The molecule has 0 bridgehead atoms. The zero-order valence-corrected chi connectivity index (χ0v) is 11.9. The van der Waals surface area contributed by atoms with Gasteiger partial charge in [0.2, 0.25) is 11.8 Å². The van der Waals surface area contributed by atoms with Crippen LogP contribution in [0, 0.1) is 5.92 Å². The van der Waals surface area contributed by atoms with Crippen LogP contribution in [0.25, 0.3) is 0 Å². The van der Waals surface area contributed by atoms with E-state index in [9.17, 15) is 9.59 Å². The summed E-state index contributed by atoms with van der Waals surface area (Å²) in [5.41, 5.74) is 0.673. The van der Waals surface area contributed by atoms with Crippen LogP contribution >= 0.6 is 11.6 Å². The number of hydrogen-bond donors (Lipinski definition) is 3. The van der Waals surface area contributed by atoms with Crippen LogP contribution in [0.15, 0.2) is 24.3 Å². The van der Waals surface area contributed by atoms with Crippen LogP contribution in [-0.4, -0.2) is 31.4 Å². The summed E-state index contributed by atoms with van der Waals surface area (Å²) in [6.07, 6.45) is 2.00. The fraction of sp³-hybridized carbons (Fsp3) is 0.429. The Morgan fingerprint density at radius 3 is 2.75 bits per heavy atom. The quantitative estimate of drug-likeness (QED) is 0.666. The lowest BCUT2D eigenvalue weighted by molar-refractivity contribution is -0.122. The third-order valence-corrected chi connectivity index (χ3v) is 3.18. The molecule has 0 aliphatic heterocycles. The van der Waals surface area contributed by atoms with E-state index >= 15 is 0 Å². The van der Waals surface area contributed by atoms with E-state index in [4.69, 9.17) is 11.6 Å². The zero-order chi connectivity index (χ0) is 14.4. The van der Waals surface area contributed by atoms with Gasteiger partial charge in [0.15, 0.2) is 0 Å². The van der Waals surface area contributed by atoms with E-state index in [0.717, 1.165) is 12.8 Å². The largest absolute Gasteiger partial charge is 0.355 e. The highest BCUT2D eigenvalue weighted by atomic mass is 35.5. The Hall–Kier alpha value is -1.59. The molecule has 1 aliphatic carbocycles. The first kappa shape index (κ1) is 14.8. The number of amides is 2. The van der Waals surface area contributed by atoms with E-state index in [1.807, 2.05) is 0 Å². The van der Waals surface area contributed by atoms with Crippen LogP contribution in [0.5, 0.6) is 0 Å². The summed E-state index contributed by atoms with van der Waals surface area (Å²) in [5, 5.41) is 9.12. The number of halogens is 1. The van der Waals surface area contributed by atoms with E-state index in [1.165, 1.54) is 0 Å². The van der Waals surface area contributed by atoms with Crippen molar-refractivity contribution in [2.24, 2.45) is 5.92 Å². The highest BCUT2D eigenvalue weighted by molar-refractivity contribution is 6.30. The predicted molar refractivity (Wildman–Crippen MR) is 78.7 cm³/mol. The molecule has 0 spiro atoms. The normalized spacial score (nSPS) is 13.8. The maximum Gasteiger partial charge on any atom is 0.238 e. The van der Waals surface area contributed by atoms with Gasteiger partial charge in [0, 0.05) is 29.7 Å². The Balaban J connectivity index is 1.57. The fourth-order valence-electron chi connectivity index (χ4n) is 1.74. The van der Waals surface area contributed by atoms with Crippen molar-refractivity contribution in [3.05, 3.63) is 29.3 Å². The number of nitrogens with one attached hydrogen (secondary N) is 3. The van der Waals surface area contributed by atoms with Gasteiger partial charge in [-0.1, -0.05) is 17.7 Å². The summed E-state index contributed by atoms with van der Waals surface area (Å²) < 4.78 is 0. The molecule has 108 valence electrons. The molecular formula is C14H18ClN3O2. The number of benzene rings is 1. The van der Waals surface area contributed by atoms with Gasteiger partial charge >= 0.3 is 0 Å². The van der Waals surface area contributed by atoms with Crippen molar-refractivity contribution < 1.29 is 9.59 Å². The highest BCUT2D eigenvalue weighted by Crippen LogP contribution is 2.28. The van der Waals surface area contributed by atoms with E-state index < -0.39 is 0 Å². The SMILES string of the molecule is O=C(CNCCNC(=O)C1CC1)Nc1cccc(Cl)c1. The van der Waals surface area contributed by atoms with Gasteiger partial charge in [0.25, 0.3) is 0 Å². The van der Waals surface area contributed by atoms with Crippen molar-refractivity contribution in [2.45, 2.75) is 12.8 Å². The first-order valence-corrected chi connectivity index (χ1v) is 7.07. The van der Waals surface area contributed by atoms with Crippen LogP contribution in [0.3, 0.4) is 0 Å². The van der Waals surface area contributed by atoms with Crippen LogP contribution < -0.4 is 16.0 Å². The summed E-state index contributed by atoms with van der Waals surface area (Å²) in [7, 11) is 0. The molecule has 0 radical (unpaired) electrons. The number of hydrogen-bond acceptors (Lipinski definition) is 3. The van der Waals surface area contributed by atoms with E-state index in [2.05, 4.69) is 16.0 Å². The molecule has 6 heteroatoms. The molecule has 1 fully saturated rings. The first-order chi connectivity index (χ1) is 9.65. The van der Waals surface area contributed by atoms with Gasteiger partial charge in [-0.05, 0) is 31.0 Å². The lowest BCUT2D eigenvalue weighted by Crippen LogP contribution is -2.36. The second-order valence-electron chi connectivity index (χ2n) is 4.80. The van der Waals surface area contributed by atoms with Crippen LogP contribution in [-0.2, 0) is 9.59 Å². The second kappa shape index (κ2) is 7.26. The Bertz CT molecular complexity index is 489. The first-order valence-electron chi connectivity index (χ1n) is 6.69. The summed E-state index contributed by atoms with van der Waals surface area (Å²) in [6, 6.07) is 6.99. The lowest BCUT2D eigenvalue weighted by atomic mass is 10.3. The molecule has 20 heavy (non-hydrogen) atoms. The molecule has 1 aromatic carbocycles. The predicted octanol–water partition coefficient (Wildman–Crippen LogP) is 1.39. The maximum atomic E-state index is 11.6. The molecule has 3 N–H and O–H groups in total. The zero-order valence-electron chi connectivity index (χ0n) is 11.1. The third-order valence-electron chi connectivity index (χ3n) is 2.94. The van der Waals surface area contributed by atoms with Crippen molar-refractivity contribution in [1.82, 2.24) is 10.6 Å². The van der Waals surface area contributed by atoms with Crippen molar-refractivity contribution >= 4 is 29.1 Å². The van der Waals surface area contributed by atoms with E-state index in [0.29, 0.717) is 23.8 Å². The molecule has 1 aliphatic rings. The monoisotopic (exact) mass is 295 g/mol. The molecule has 0 heterocycles. The molecule has 0 atom stereocenters. The standard InChI is InChI=1S/C14H18ClN3O2/c15-11-2-1-3-12(8-11)18-13(19)9-16-6-7-17-14(20)10-4-5-10/h1-3,8,10,16H,4-7,9H2,(H,17,20)(H,18,19). The highest BCUT2D eigenvalue weighted by Gasteiger charge is 2.28. The molecule has 1 saturated carbocycles. The third kappa shape index (κ3) is 5.19. The van der Waals surface area contributed by atoms with E-state index in [-0.39, 0.29) is 24.3 Å². The Morgan fingerprint density at radius 2 is 2.05 bits per heavy atom. The summed E-state index contributed by atoms with van der Waals surface area (Å²) in [4.78, 5) is 23.0. The second-order valence-corrected chi connectivity index (χ2v) is 5.24. The van der Waals surface area contributed by atoms with Crippen LogP contribution in [0.4, 0.5) is 5.69 Å². The van der Waals surface area contributed by atoms with Crippen LogP contribution in [0.1, 0.15) is 12.8 Å².